The van der Waals surface area contributed by atoms with E-state index in [1.54, 1.807) is 16.0 Å². The van der Waals surface area contributed by atoms with Crippen molar-refractivity contribution in [3.05, 3.63) is 12.4 Å². The van der Waals surface area contributed by atoms with Crippen molar-refractivity contribution in [1.82, 2.24) is 30.4 Å². The Hall–Kier alpha value is -2.38. The molecule has 0 N–H and O–H groups in total. The van der Waals surface area contributed by atoms with Crippen LogP contribution in [0.25, 0.3) is 11.4 Å². The second-order valence-corrected chi connectivity index (χ2v) is 4.07. The van der Waals surface area contributed by atoms with Gasteiger partial charge < -0.3 is 9.80 Å². The number of hydrogen-bond acceptors (Lipinski definition) is 8. The second kappa shape index (κ2) is 4.86. The fourth-order valence-electron chi connectivity index (χ4n) is 1.20. The van der Waals surface area contributed by atoms with Gasteiger partial charge in [-0.1, -0.05) is 0 Å². The van der Waals surface area contributed by atoms with E-state index in [-0.39, 0.29) is 0 Å². The summed E-state index contributed by atoms with van der Waals surface area (Å²) in [5.41, 5.74) is 1.16. The van der Waals surface area contributed by atoms with Crippen molar-refractivity contribution in [3.8, 4) is 11.4 Å². The first-order valence-corrected chi connectivity index (χ1v) is 5.32. The lowest BCUT2D eigenvalue weighted by Crippen LogP contribution is -2.15. The predicted molar refractivity (Wildman–Crippen MR) is 67.3 cm³/mol. The molecule has 2 aromatic rings. The monoisotopic (exact) mass is 246 g/mol. The van der Waals surface area contributed by atoms with Crippen molar-refractivity contribution < 1.29 is 0 Å². The Morgan fingerprint density at radius 1 is 0.778 bits per heavy atom. The number of hydrogen-bond donors (Lipinski definition) is 0. The molecule has 0 atom stereocenters. The van der Waals surface area contributed by atoms with Crippen LogP contribution in [0.5, 0.6) is 0 Å². The van der Waals surface area contributed by atoms with Crippen LogP contribution < -0.4 is 9.80 Å². The summed E-state index contributed by atoms with van der Waals surface area (Å²) in [6.07, 6.45) is 3.15. The van der Waals surface area contributed by atoms with E-state index in [0.29, 0.717) is 23.3 Å². The van der Waals surface area contributed by atoms with Crippen LogP contribution in [0.3, 0.4) is 0 Å². The van der Waals surface area contributed by atoms with Crippen LogP contribution >= 0.6 is 0 Å². The van der Waals surface area contributed by atoms with Gasteiger partial charge in [0, 0.05) is 28.2 Å². The lowest BCUT2D eigenvalue weighted by atomic mass is 10.3. The zero-order chi connectivity index (χ0) is 13.1. The van der Waals surface area contributed by atoms with Gasteiger partial charge in [0.25, 0.3) is 0 Å². The van der Waals surface area contributed by atoms with E-state index in [9.17, 15) is 0 Å². The van der Waals surface area contributed by atoms with Crippen molar-refractivity contribution in [2.24, 2.45) is 0 Å². The van der Waals surface area contributed by atoms with Gasteiger partial charge in [0.1, 0.15) is 11.4 Å². The van der Waals surface area contributed by atoms with Crippen molar-refractivity contribution in [2.75, 3.05) is 38.0 Å². The van der Waals surface area contributed by atoms with E-state index < -0.39 is 0 Å². The van der Waals surface area contributed by atoms with Crippen LogP contribution in [0.2, 0.25) is 0 Å². The van der Waals surface area contributed by atoms with Crippen LogP contribution in [-0.2, 0) is 0 Å². The van der Waals surface area contributed by atoms with Crippen LogP contribution in [-0.4, -0.2) is 58.6 Å². The summed E-state index contributed by atoms with van der Waals surface area (Å²) in [7, 11) is 7.40. The van der Waals surface area contributed by atoms with E-state index in [2.05, 4.69) is 30.4 Å². The van der Waals surface area contributed by atoms with E-state index >= 15 is 0 Å². The summed E-state index contributed by atoms with van der Waals surface area (Å²) >= 11 is 0. The van der Waals surface area contributed by atoms with Gasteiger partial charge in [-0.2, -0.15) is 5.10 Å². The molecule has 0 saturated carbocycles. The minimum Gasteiger partial charge on any atom is -0.346 e. The maximum atomic E-state index is 4.31. The molecule has 8 nitrogen and oxygen atoms in total. The summed E-state index contributed by atoms with van der Waals surface area (Å²) in [5, 5.41) is 15.8. The lowest BCUT2D eigenvalue weighted by molar-refractivity contribution is 0.885. The molecule has 0 unspecified atom stereocenters. The molecule has 18 heavy (non-hydrogen) atoms. The van der Waals surface area contributed by atoms with Crippen LogP contribution in [0.4, 0.5) is 11.9 Å². The molecule has 0 saturated heterocycles. The molecule has 0 radical (unpaired) electrons. The summed E-state index contributed by atoms with van der Waals surface area (Å²) in [6.45, 7) is 0. The molecule has 0 spiro atoms. The topological polar surface area (TPSA) is 83.8 Å². The Bertz CT molecular complexity index is 522. The molecule has 0 fully saturated rings. The molecule has 0 aliphatic rings. The quantitative estimate of drug-likeness (QED) is 0.739. The summed E-state index contributed by atoms with van der Waals surface area (Å²) < 4.78 is 0. The van der Waals surface area contributed by atoms with E-state index in [0.717, 1.165) is 0 Å². The molecule has 0 aliphatic heterocycles. The summed E-state index contributed by atoms with van der Waals surface area (Å²) in [5.74, 6) is 1.07. The molecule has 0 amide bonds. The molecular formula is C10H14N8. The first-order chi connectivity index (χ1) is 8.58. The third-order valence-electron chi connectivity index (χ3n) is 2.16. The van der Waals surface area contributed by atoms with Crippen molar-refractivity contribution >= 4 is 11.9 Å². The highest BCUT2D eigenvalue weighted by molar-refractivity contribution is 5.52. The predicted octanol–water partition coefficient (Wildman–Crippen LogP) is -0.144. The highest BCUT2D eigenvalue weighted by Crippen LogP contribution is 2.13. The molecule has 2 heterocycles. The van der Waals surface area contributed by atoms with Gasteiger partial charge in [-0.05, 0) is 0 Å². The fourth-order valence-corrected chi connectivity index (χ4v) is 1.20. The number of aromatic nitrogens is 6. The summed E-state index contributed by atoms with van der Waals surface area (Å²) in [6, 6.07) is 0. The molecule has 0 aliphatic carbocycles. The van der Waals surface area contributed by atoms with Crippen LogP contribution in [0.15, 0.2) is 12.4 Å². The van der Waals surface area contributed by atoms with Crippen LogP contribution in [0.1, 0.15) is 0 Å². The van der Waals surface area contributed by atoms with E-state index in [4.69, 9.17) is 0 Å². The first kappa shape index (κ1) is 12.1. The molecule has 94 valence electrons. The number of nitrogens with zero attached hydrogens (tertiary/aromatic N) is 8. The Balaban J connectivity index is 2.33. The SMILES string of the molecule is CN(C)c1ncc(-c2cnnc(N(C)C)n2)nn1. The maximum Gasteiger partial charge on any atom is 0.245 e. The minimum absolute atomic E-state index is 0.519. The molecule has 2 aromatic heterocycles. The fraction of sp³-hybridized carbons (Fsp3) is 0.400. The second-order valence-electron chi connectivity index (χ2n) is 4.07. The Labute approximate surface area is 105 Å². The zero-order valence-corrected chi connectivity index (χ0v) is 10.7. The third-order valence-corrected chi connectivity index (χ3v) is 2.16. The van der Waals surface area contributed by atoms with Gasteiger partial charge in [0.05, 0.1) is 12.4 Å². The van der Waals surface area contributed by atoms with Gasteiger partial charge in [-0.25, -0.2) is 9.97 Å². The Kier molecular flexibility index (Phi) is 3.26. The smallest absolute Gasteiger partial charge is 0.245 e. The first-order valence-electron chi connectivity index (χ1n) is 5.32. The molecule has 2 rings (SSSR count). The molecule has 0 bridgehead atoms. The number of rotatable bonds is 3. The minimum atomic E-state index is 0.519. The largest absolute Gasteiger partial charge is 0.346 e. The zero-order valence-electron chi connectivity index (χ0n) is 10.7. The van der Waals surface area contributed by atoms with E-state index in [1.807, 2.05) is 28.2 Å². The van der Waals surface area contributed by atoms with Gasteiger partial charge >= 0.3 is 0 Å². The Morgan fingerprint density at radius 2 is 1.50 bits per heavy atom. The average molecular weight is 246 g/mol. The Morgan fingerprint density at radius 3 is 2.06 bits per heavy atom. The summed E-state index contributed by atoms with van der Waals surface area (Å²) in [4.78, 5) is 12.0. The maximum absolute atomic E-state index is 4.31. The van der Waals surface area contributed by atoms with E-state index in [1.165, 1.54) is 6.20 Å². The van der Waals surface area contributed by atoms with Crippen molar-refractivity contribution in [2.45, 2.75) is 0 Å². The average Bonchev–Trinajstić information content (AvgIpc) is 2.39. The highest BCUT2D eigenvalue weighted by Gasteiger charge is 2.08. The third kappa shape index (κ3) is 2.47. The van der Waals surface area contributed by atoms with Crippen molar-refractivity contribution in [3.63, 3.8) is 0 Å². The van der Waals surface area contributed by atoms with Gasteiger partial charge in [-0.3, -0.25) is 0 Å². The number of anilines is 2. The highest BCUT2D eigenvalue weighted by atomic mass is 15.3. The van der Waals surface area contributed by atoms with Crippen molar-refractivity contribution in [1.29, 1.82) is 0 Å². The molecule has 0 aromatic carbocycles. The molecule has 8 heteroatoms. The van der Waals surface area contributed by atoms with Crippen LogP contribution in [0, 0.1) is 0 Å². The van der Waals surface area contributed by atoms with Gasteiger partial charge in [-0.15, -0.1) is 15.3 Å². The normalized spacial score (nSPS) is 10.2. The lowest BCUT2D eigenvalue weighted by Gasteiger charge is -2.10. The molecular weight excluding hydrogens is 232 g/mol. The van der Waals surface area contributed by atoms with Gasteiger partial charge in [0.15, 0.2) is 0 Å². The standard InChI is InChI=1S/C10H14N8/c1-17(2)9-11-5-8(14-16-9)7-6-12-15-10(13-7)18(3)4/h5-6H,1-4H3. The van der Waals surface area contributed by atoms with Gasteiger partial charge in [0.2, 0.25) is 11.9 Å².